The molecule has 1 aliphatic heterocycles. The van der Waals surface area contributed by atoms with Crippen molar-refractivity contribution in [2.24, 2.45) is 0 Å². The fourth-order valence-corrected chi connectivity index (χ4v) is 2.17. The quantitative estimate of drug-likeness (QED) is 0.868. The molecule has 1 aliphatic rings. The molecule has 1 amide bonds. The van der Waals surface area contributed by atoms with Crippen molar-refractivity contribution < 1.29 is 14.3 Å². The highest BCUT2D eigenvalue weighted by Gasteiger charge is 2.29. The Morgan fingerprint density at radius 1 is 1.68 bits per heavy atom. The van der Waals surface area contributed by atoms with E-state index in [0.29, 0.717) is 30.5 Å². The molecule has 2 heterocycles. The van der Waals surface area contributed by atoms with Crippen LogP contribution in [0.3, 0.4) is 0 Å². The monoisotopic (exact) mass is 287 g/mol. The number of amides is 1. The number of rotatable bonds is 5. The molecule has 19 heavy (non-hydrogen) atoms. The molecule has 1 saturated heterocycles. The summed E-state index contributed by atoms with van der Waals surface area (Å²) in [6.07, 6.45) is 1.57. The molecule has 2 atom stereocenters. The summed E-state index contributed by atoms with van der Waals surface area (Å²) in [5, 5.41) is 7.60. The minimum atomic E-state index is -0.126. The topological polar surface area (TPSA) is 65.4 Å². The van der Waals surface area contributed by atoms with Gasteiger partial charge in [0.1, 0.15) is 12.6 Å². The minimum Gasteiger partial charge on any atom is -0.376 e. The second kappa shape index (κ2) is 6.36. The number of aromatic nitrogens is 2. The molecule has 1 aromatic heterocycles. The SMILES string of the molecule is CCO[C@@H]1COC[C@H]1NC(=O)Cn1cc(Cl)c(C)n1. The van der Waals surface area contributed by atoms with E-state index in [1.807, 2.05) is 6.92 Å². The number of ether oxygens (including phenoxy) is 2. The normalized spacial score (nSPS) is 22.7. The van der Waals surface area contributed by atoms with Gasteiger partial charge >= 0.3 is 0 Å². The van der Waals surface area contributed by atoms with Crippen LogP contribution in [0.1, 0.15) is 12.6 Å². The smallest absolute Gasteiger partial charge is 0.242 e. The van der Waals surface area contributed by atoms with Gasteiger partial charge in [-0.15, -0.1) is 0 Å². The van der Waals surface area contributed by atoms with E-state index in [1.54, 1.807) is 13.1 Å². The lowest BCUT2D eigenvalue weighted by Gasteiger charge is -2.18. The Labute approximate surface area is 117 Å². The maximum absolute atomic E-state index is 11.9. The van der Waals surface area contributed by atoms with Gasteiger partial charge in [0.25, 0.3) is 0 Å². The fraction of sp³-hybridized carbons (Fsp3) is 0.667. The van der Waals surface area contributed by atoms with Crippen molar-refractivity contribution in [3.05, 3.63) is 16.9 Å². The lowest BCUT2D eigenvalue weighted by Crippen LogP contribution is -2.45. The molecule has 0 aromatic carbocycles. The predicted octanol–water partition coefficient (Wildman–Crippen LogP) is 0.765. The van der Waals surface area contributed by atoms with Gasteiger partial charge in [-0.3, -0.25) is 9.48 Å². The maximum Gasteiger partial charge on any atom is 0.242 e. The zero-order chi connectivity index (χ0) is 13.8. The van der Waals surface area contributed by atoms with Crippen LogP contribution in [0.2, 0.25) is 5.02 Å². The molecular formula is C12H18ClN3O3. The first-order valence-corrected chi connectivity index (χ1v) is 6.66. The fourth-order valence-electron chi connectivity index (χ4n) is 2.02. The Kier molecular flexibility index (Phi) is 4.79. The largest absolute Gasteiger partial charge is 0.376 e. The van der Waals surface area contributed by atoms with Gasteiger partial charge in [-0.1, -0.05) is 11.6 Å². The third-order valence-corrected chi connectivity index (χ3v) is 3.32. The molecule has 0 bridgehead atoms. The first-order valence-electron chi connectivity index (χ1n) is 6.28. The maximum atomic E-state index is 11.9. The number of nitrogens with zero attached hydrogens (tertiary/aromatic N) is 2. The average Bonchev–Trinajstić information content (AvgIpc) is 2.88. The third kappa shape index (κ3) is 3.68. The molecule has 1 N–H and O–H groups in total. The summed E-state index contributed by atoms with van der Waals surface area (Å²) in [6.45, 7) is 5.47. The van der Waals surface area contributed by atoms with Crippen LogP contribution in [0.4, 0.5) is 0 Å². The summed E-state index contributed by atoms with van der Waals surface area (Å²) in [5.74, 6) is -0.126. The first-order chi connectivity index (χ1) is 9.10. The Hall–Kier alpha value is -1.11. The highest BCUT2D eigenvalue weighted by Crippen LogP contribution is 2.12. The molecule has 1 aromatic rings. The summed E-state index contributed by atoms with van der Waals surface area (Å²) in [4.78, 5) is 11.9. The molecule has 0 aliphatic carbocycles. The van der Waals surface area contributed by atoms with Gasteiger partial charge in [0.2, 0.25) is 5.91 Å². The van der Waals surface area contributed by atoms with Gasteiger partial charge in [-0.2, -0.15) is 5.10 Å². The van der Waals surface area contributed by atoms with Crippen molar-refractivity contribution >= 4 is 17.5 Å². The average molecular weight is 288 g/mol. The van der Waals surface area contributed by atoms with Crippen molar-refractivity contribution in [2.75, 3.05) is 19.8 Å². The van der Waals surface area contributed by atoms with E-state index in [-0.39, 0.29) is 24.6 Å². The molecule has 6 nitrogen and oxygen atoms in total. The van der Waals surface area contributed by atoms with Crippen molar-refractivity contribution in [1.82, 2.24) is 15.1 Å². The van der Waals surface area contributed by atoms with E-state index in [0.717, 1.165) is 0 Å². The predicted molar refractivity (Wildman–Crippen MR) is 70.1 cm³/mol. The standard InChI is InChI=1S/C12H18ClN3O3/c1-3-19-11-7-18-6-10(11)14-12(17)5-16-4-9(13)8(2)15-16/h4,10-11H,3,5-7H2,1-2H3,(H,14,17)/t10-,11-/m1/s1. The minimum absolute atomic E-state index is 0.0723. The zero-order valence-corrected chi connectivity index (χ0v) is 11.8. The van der Waals surface area contributed by atoms with E-state index in [2.05, 4.69) is 10.4 Å². The number of halogens is 1. The summed E-state index contributed by atoms with van der Waals surface area (Å²) < 4.78 is 12.3. The van der Waals surface area contributed by atoms with Crippen LogP contribution in [0.5, 0.6) is 0 Å². The van der Waals surface area contributed by atoms with Gasteiger partial charge in [0.15, 0.2) is 0 Å². The van der Waals surface area contributed by atoms with E-state index >= 15 is 0 Å². The lowest BCUT2D eigenvalue weighted by atomic mass is 10.2. The van der Waals surface area contributed by atoms with Crippen molar-refractivity contribution in [3.63, 3.8) is 0 Å². The second-order valence-electron chi connectivity index (χ2n) is 4.47. The summed E-state index contributed by atoms with van der Waals surface area (Å²) >= 11 is 5.89. The van der Waals surface area contributed by atoms with Gasteiger partial charge in [-0.25, -0.2) is 0 Å². The molecule has 0 saturated carbocycles. The van der Waals surface area contributed by atoms with E-state index < -0.39 is 0 Å². The highest BCUT2D eigenvalue weighted by molar-refractivity contribution is 6.31. The molecule has 0 unspecified atom stereocenters. The molecule has 2 rings (SSSR count). The van der Waals surface area contributed by atoms with Crippen LogP contribution in [-0.4, -0.2) is 47.7 Å². The third-order valence-electron chi connectivity index (χ3n) is 2.95. The summed E-state index contributed by atoms with van der Waals surface area (Å²) in [7, 11) is 0. The number of nitrogens with one attached hydrogen (secondary N) is 1. The summed E-state index contributed by atoms with van der Waals surface area (Å²) in [6, 6.07) is -0.0976. The van der Waals surface area contributed by atoms with Gasteiger partial charge in [0.05, 0.1) is 30.0 Å². The molecule has 0 spiro atoms. The van der Waals surface area contributed by atoms with Gasteiger partial charge < -0.3 is 14.8 Å². The Morgan fingerprint density at radius 2 is 2.47 bits per heavy atom. The zero-order valence-electron chi connectivity index (χ0n) is 11.1. The Bertz CT molecular complexity index is 430. The lowest BCUT2D eigenvalue weighted by molar-refractivity contribution is -0.123. The first kappa shape index (κ1) is 14.3. The van der Waals surface area contributed by atoms with E-state index in [4.69, 9.17) is 21.1 Å². The molecule has 1 fully saturated rings. The molecular weight excluding hydrogens is 270 g/mol. The van der Waals surface area contributed by atoms with E-state index in [1.165, 1.54) is 4.68 Å². The molecule has 106 valence electrons. The van der Waals surface area contributed by atoms with Gasteiger partial charge in [-0.05, 0) is 13.8 Å². The second-order valence-corrected chi connectivity index (χ2v) is 4.87. The Morgan fingerprint density at radius 3 is 3.11 bits per heavy atom. The van der Waals surface area contributed by atoms with Gasteiger partial charge in [0, 0.05) is 12.8 Å². The van der Waals surface area contributed by atoms with Crippen molar-refractivity contribution in [3.8, 4) is 0 Å². The molecule has 7 heteroatoms. The number of hydrogen-bond acceptors (Lipinski definition) is 4. The van der Waals surface area contributed by atoms with Crippen LogP contribution in [0.25, 0.3) is 0 Å². The molecule has 0 radical (unpaired) electrons. The van der Waals surface area contributed by atoms with Crippen LogP contribution in [-0.2, 0) is 20.8 Å². The number of carbonyl (C=O) groups excluding carboxylic acids is 1. The number of hydrogen-bond donors (Lipinski definition) is 1. The van der Waals surface area contributed by atoms with Crippen LogP contribution in [0, 0.1) is 6.92 Å². The summed E-state index contributed by atoms with van der Waals surface area (Å²) in [5.41, 5.74) is 0.714. The van der Waals surface area contributed by atoms with Crippen LogP contribution in [0.15, 0.2) is 6.20 Å². The van der Waals surface area contributed by atoms with Crippen molar-refractivity contribution in [2.45, 2.75) is 32.5 Å². The Balaban J connectivity index is 1.87. The van der Waals surface area contributed by atoms with E-state index in [9.17, 15) is 4.79 Å². The van der Waals surface area contributed by atoms with Crippen LogP contribution >= 0.6 is 11.6 Å². The number of carbonyl (C=O) groups is 1. The highest BCUT2D eigenvalue weighted by atomic mass is 35.5. The van der Waals surface area contributed by atoms with Crippen molar-refractivity contribution in [1.29, 1.82) is 0 Å². The number of aryl methyl sites for hydroxylation is 1. The van der Waals surface area contributed by atoms with Crippen LogP contribution < -0.4 is 5.32 Å².